The first-order valence-corrected chi connectivity index (χ1v) is 11.5. The van der Waals surface area contributed by atoms with Gasteiger partial charge in [0, 0.05) is 6.61 Å². The molecule has 0 amide bonds. The second-order valence-electron chi connectivity index (χ2n) is 8.28. The van der Waals surface area contributed by atoms with Gasteiger partial charge in [-0.15, -0.1) is 0 Å². The van der Waals surface area contributed by atoms with E-state index in [1.165, 1.54) is 12.0 Å². The third kappa shape index (κ3) is 4.21. The number of benzene rings is 1. The maximum atomic E-state index is 10.6. The van der Waals surface area contributed by atoms with Crippen molar-refractivity contribution in [3.63, 3.8) is 0 Å². The molecule has 22 heavy (non-hydrogen) atoms. The zero-order chi connectivity index (χ0) is 16.4. The normalized spacial score (nSPS) is 23.5. The predicted octanol–water partition coefficient (Wildman–Crippen LogP) is 5.08. The van der Waals surface area contributed by atoms with Crippen LogP contribution >= 0.6 is 0 Å². The van der Waals surface area contributed by atoms with Crippen molar-refractivity contribution in [2.45, 2.75) is 70.7 Å². The van der Waals surface area contributed by atoms with E-state index in [0.717, 1.165) is 31.4 Å². The average molecular weight is 321 g/mol. The van der Waals surface area contributed by atoms with E-state index in [4.69, 9.17) is 4.43 Å². The molecule has 0 unspecified atom stereocenters. The van der Waals surface area contributed by atoms with Crippen LogP contribution in [0, 0.1) is 5.92 Å². The van der Waals surface area contributed by atoms with Gasteiger partial charge in [0.05, 0.1) is 6.10 Å². The van der Waals surface area contributed by atoms with Crippen molar-refractivity contribution in [3.8, 4) is 0 Å². The summed E-state index contributed by atoms with van der Waals surface area (Å²) in [6, 6.07) is 8.35. The van der Waals surface area contributed by atoms with Gasteiger partial charge in [-0.3, -0.25) is 0 Å². The SMILES string of the molecule is CC(C)(C)[Si](C)(C)OC[C@@H]1CCCc2ccccc2[C@@H](O)C1. The van der Waals surface area contributed by atoms with Crippen LogP contribution in [0.3, 0.4) is 0 Å². The van der Waals surface area contributed by atoms with Gasteiger partial charge in [0.25, 0.3) is 0 Å². The molecule has 0 saturated carbocycles. The van der Waals surface area contributed by atoms with Crippen molar-refractivity contribution in [3.05, 3.63) is 35.4 Å². The molecule has 1 aliphatic rings. The van der Waals surface area contributed by atoms with Crippen LogP contribution in [0.4, 0.5) is 0 Å². The summed E-state index contributed by atoms with van der Waals surface area (Å²) in [5.74, 6) is 0.470. The smallest absolute Gasteiger partial charge is 0.191 e. The van der Waals surface area contributed by atoms with E-state index in [0.29, 0.717) is 5.92 Å². The highest BCUT2D eigenvalue weighted by Crippen LogP contribution is 2.38. The Morgan fingerprint density at radius 3 is 2.59 bits per heavy atom. The van der Waals surface area contributed by atoms with Gasteiger partial charge in [0.2, 0.25) is 0 Å². The molecule has 0 aromatic heterocycles. The molecule has 1 aromatic carbocycles. The Labute approximate surface area is 137 Å². The molecule has 1 N–H and O–H groups in total. The van der Waals surface area contributed by atoms with Gasteiger partial charge >= 0.3 is 0 Å². The fourth-order valence-electron chi connectivity index (χ4n) is 2.92. The summed E-state index contributed by atoms with van der Waals surface area (Å²) in [4.78, 5) is 0. The summed E-state index contributed by atoms with van der Waals surface area (Å²) in [5.41, 5.74) is 2.44. The maximum Gasteiger partial charge on any atom is 0.191 e. The lowest BCUT2D eigenvalue weighted by Gasteiger charge is -2.38. The van der Waals surface area contributed by atoms with Crippen LogP contribution in [-0.4, -0.2) is 20.0 Å². The van der Waals surface area contributed by atoms with Crippen molar-refractivity contribution in [1.82, 2.24) is 0 Å². The Bertz CT molecular complexity index is 490. The van der Waals surface area contributed by atoms with Gasteiger partial charge in [-0.25, -0.2) is 0 Å². The first-order chi connectivity index (χ1) is 10.2. The molecule has 0 radical (unpaired) electrons. The lowest BCUT2D eigenvalue weighted by molar-refractivity contribution is 0.110. The van der Waals surface area contributed by atoms with E-state index in [1.807, 2.05) is 6.07 Å². The molecule has 124 valence electrons. The van der Waals surface area contributed by atoms with Gasteiger partial charge in [-0.1, -0.05) is 45.0 Å². The van der Waals surface area contributed by atoms with E-state index in [2.05, 4.69) is 52.1 Å². The van der Waals surface area contributed by atoms with Crippen molar-refractivity contribution in [1.29, 1.82) is 0 Å². The summed E-state index contributed by atoms with van der Waals surface area (Å²) in [6.07, 6.45) is 3.90. The number of hydrogen-bond donors (Lipinski definition) is 1. The third-order valence-electron chi connectivity index (χ3n) is 5.52. The van der Waals surface area contributed by atoms with Crippen LogP contribution in [0.2, 0.25) is 18.1 Å². The first-order valence-electron chi connectivity index (χ1n) is 8.60. The molecule has 1 aliphatic carbocycles. The van der Waals surface area contributed by atoms with E-state index >= 15 is 0 Å². The van der Waals surface area contributed by atoms with Crippen molar-refractivity contribution in [2.24, 2.45) is 5.92 Å². The van der Waals surface area contributed by atoms with Crippen molar-refractivity contribution >= 4 is 8.32 Å². The van der Waals surface area contributed by atoms with Crippen LogP contribution in [-0.2, 0) is 10.8 Å². The Hall–Kier alpha value is -0.643. The molecular formula is C19H32O2Si. The second-order valence-corrected chi connectivity index (χ2v) is 13.1. The zero-order valence-corrected chi connectivity index (χ0v) is 15.9. The Morgan fingerprint density at radius 2 is 1.91 bits per heavy atom. The molecule has 0 spiro atoms. The monoisotopic (exact) mass is 320 g/mol. The molecule has 1 aromatic rings. The topological polar surface area (TPSA) is 29.5 Å². The van der Waals surface area contributed by atoms with Crippen molar-refractivity contribution in [2.75, 3.05) is 6.61 Å². The lowest BCUT2D eigenvalue weighted by atomic mass is 9.86. The molecule has 2 nitrogen and oxygen atoms in total. The van der Waals surface area contributed by atoms with Gasteiger partial charge in [0.1, 0.15) is 0 Å². The van der Waals surface area contributed by atoms with E-state index < -0.39 is 8.32 Å². The summed E-state index contributed by atoms with van der Waals surface area (Å²) in [6.45, 7) is 12.3. The number of aliphatic hydroxyl groups excluding tert-OH is 1. The quantitative estimate of drug-likeness (QED) is 0.787. The lowest BCUT2D eigenvalue weighted by Crippen LogP contribution is -2.42. The first kappa shape index (κ1) is 17.7. The predicted molar refractivity (Wildman–Crippen MR) is 95.6 cm³/mol. The Balaban J connectivity index is 2.00. The molecule has 0 fully saturated rings. The highest BCUT2D eigenvalue weighted by atomic mass is 28.4. The minimum Gasteiger partial charge on any atom is -0.417 e. The number of rotatable bonds is 3. The average Bonchev–Trinajstić information content (AvgIpc) is 2.41. The van der Waals surface area contributed by atoms with Crippen LogP contribution in [0.1, 0.15) is 57.3 Å². The fourth-order valence-corrected chi connectivity index (χ4v) is 4.01. The zero-order valence-electron chi connectivity index (χ0n) is 14.9. The minimum atomic E-state index is -1.69. The molecule has 2 rings (SSSR count). The van der Waals surface area contributed by atoms with Crippen molar-refractivity contribution < 1.29 is 9.53 Å². The van der Waals surface area contributed by atoms with E-state index in [-0.39, 0.29) is 11.1 Å². The number of hydrogen-bond acceptors (Lipinski definition) is 2. The third-order valence-corrected chi connectivity index (χ3v) is 10.0. The highest BCUT2D eigenvalue weighted by molar-refractivity contribution is 6.74. The van der Waals surface area contributed by atoms with Gasteiger partial charge < -0.3 is 9.53 Å². The van der Waals surface area contributed by atoms with Crippen LogP contribution in [0.15, 0.2) is 24.3 Å². The standard InChI is InChI=1S/C19H32O2Si/c1-19(2,3)22(4,5)21-14-15-9-8-11-16-10-6-7-12-17(16)18(20)13-15/h6-7,10,12,15,18,20H,8-9,11,13-14H2,1-5H3/t15-,18+/m1/s1. The molecule has 2 atom stereocenters. The summed E-state index contributed by atoms with van der Waals surface area (Å²) >= 11 is 0. The van der Waals surface area contributed by atoms with E-state index in [9.17, 15) is 5.11 Å². The molecule has 3 heteroatoms. The summed E-state index contributed by atoms with van der Waals surface area (Å²) in [7, 11) is -1.69. The van der Waals surface area contributed by atoms with E-state index in [1.54, 1.807) is 0 Å². The molecule has 0 saturated heterocycles. The van der Waals surface area contributed by atoms with Crippen LogP contribution in [0.25, 0.3) is 0 Å². The van der Waals surface area contributed by atoms with Gasteiger partial charge in [0.15, 0.2) is 8.32 Å². The Morgan fingerprint density at radius 1 is 1.23 bits per heavy atom. The van der Waals surface area contributed by atoms with Crippen LogP contribution < -0.4 is 0 Å². The molecule has 0 heterocycles. The van der Waals surface area contributed by atoms with Gasteiger partial charge in [-0.2, -0.15) is 0 Å². The molecule has 0 bridgehead atoms. The molecule has 0 aliphatic heterocycles. The Kier molecular flexibility index (Phi) is 5.52. The largest absolute Gasteiger partial charge is 0.417 e. The number of aryl methyl sites for hydroxylation is 1. The summed E-state index contributed by atoms with van der Waals surface area (Å²) in [5, 5.41) is 10.8. The summed E-state index contributed by atoms with van der Waals surface area (Å²) < 4.78 is 6.39. The fraction of sp³-hybridized carbons (Fsp3) is 0.684. The number of fused-ring (bicyclic) bond motifs is 1. The minimum absolute atomic E-state index is 0.250. The maximum absolute atomic E-state index is 10.6. The van der Waals surface area contributed by atoms with Gasteiger partial charge in [-0.05, 0) is 60.9 Å². The number of aliphatic hydroxyl groups is 1. The van der Waals surface area contributed by atoms with Crippen LogP contribution in [0.5, 0.6) is 0 Å². The second kappa shape index (κ2) is 6.86. The highest BCUT2D eigenvalue weighted by Gasteiger charge is 2.37. The molecular weight excluding hydrogens is 288 g/mol.